The van der Waals surface area contributed by atoms with Gasteiger partial charge in [0.15, 0.2) is 11.5 Å². The van der Waals surface area contributed by atoms with Crippen molar-refractivity contribution in [2.45, 2.75) is 77.4 Å². The monoisotopic (exact) mass is 480 g/mol. The Kier molecular flexibility index (Phi) is 7.68. The number of imidazole rings is 1. The topological polar surface area (TPSA) is 51.5 Å². The van der Waals surface area contributed by atoms with Crippen LogP contribution in [0.1, 0.15) is 58.2 Å². The van der Waals surface area contributed by atoms with E-state index in [1.807, 2.05) is 12.1 Å². The number of likely N-dealkylation sites (tertiary alicyclic amines) is 1. The normalized spacial score (nSPS) is 26.0. The molecule has 3 atom stereocenters. The third-order valence-electron chi connectivity index (χ3n) is 8.70. The van der Waals surface area contributed by atoms with Gasteiger partial charge in [-0.15, -0.1) is 0 Å². The second-order valence-corrected chi connectivity index (χ2v) is 11.4. The minimum absolute atomic E-state index is 0.753. The van der Waals surface area contributed by atoms with Gasteiger partial charge in [0.2, 0.25) is 0 Å². The molecule has 1 aromatic carbocycles. The van der Waals surface area contributed by atoms with Crippen molar-refractivity contribution in [1.29, 1.82) is 0 Å². The smallest absolute Gasteiger partial charge is 0.161 e. The van der Waals surface area contributed by atoms with Crippen LogP contribution in [0.25, 0.3) is 11.3 Å². The first-order chi connectivity index (χ1) is 17.1. The summed E-state index contributed by atoms with van der Waals surface area (Å²) in [6, 6.07) is 7.64. The van der Waals surface area contributed by atoms with Crippen LogP contribution in [0.15, 0.2) is 24.4 Å². The average Bonchev–Trinajstić information content (AvgIpc) is 3.32. The molecule has 3 aliphatic heterocycles. The highest BCUT2D eigenvalue weighted by molar-refractivity contribution is 5.63. The summed E-state index contributed by atoms with van der Waals surface area (Å²) in [6.45, 7) is 9.58. The number of nitrogens with one attached hydrogen (secondary N) is 1. The summed E-state index contributed by atoms with van der Waals surface area (Å²) in [7, 11) is 3.36. The summed E-state index contributed by atoms with van der Waals surface area (Å²) >= 11 is 0. The summed E-state index contributed by atoms with van der Waals surface area (Å²) in [4.78, 5) is 7.93. The van der Waals surface area contributed by atoms with E-state index in [1.165, 1.54) is 64.0 Å². The van der Waals surface area contributed by atoms with E-state index in [2.05, 4.69) is 40.9 Å². The molecule has 5 rings (SSSR count). The molecular weight excluding hydrogens is 436 g/mol. The van der Waals surface area contributed by atoms with E-state index in [-0.39, 0.29) is 0 Å². The highest BCUT2D eigenvalue weighted by atomic mass is 16.5. The van der Waals surface area contributed by atoms with E-state index in [1.54, 1.807) is 14.2 Å². The van der Waals surface area contributed by atoms with Gasteiger partial charge in [-0.1, -0.05) is 13.8 Å². The predicted octanol–water partition coefficient (Wildman–Crippen LogP) is 5.01. The number of hydrogen-bond acceptors (Lipinski definition) is 5. The molecule has 1 N–H and O–H groups in total. The fraction of sp³-hybridized carbons (Fsp3) is 0.690. The van der Waals surface area contributed by atoms with E-state index in [0.29, 0.717) is 0 Å². The zero-order valence-corrected chi connectivity index (χ0v) is 22.1. The lowest BCUT2D eigenvalue weighted by Crippen LogP contribution is -2.53. The Morgan fingerprint density at radius 1 is 1.03 bits per heavy atom. The third kappa shape index (κ3) is 5.39. The molecule has 0 spiro atoms. The highest BCUT2D eigenvalue weighted by Crippen LogP contribution is 2.39. The van der Waals surface area contributed by atoms with Crippen molar-refractivity contribution in [3.8, 4) is 22.8 Å². The molecule has 35 heavy (non-hydrogen) atoms. The molecule has 192 valence electrons. The van der Waals surface area contributed by atoms with E-state index in [9.17, 15) is 0 Å². The Morgan fingerprint density at radius 3 is 2.57 bits per heavy atom. The molecule has 0 saturated carbocycles. The molecule has 0 radical (unpaired) electrons. The van der Waals surface area contributed by atoms with E-state index in [4.69, 9.17) is 14.5 Å². The summed E-state index contributed by atoms with van der Waals surface area (Å²) in [5.74, 6) is 5.10. The first-order valence-corrected chi connectivity index (χ1v) is 13.8. The van der Waals surface area contributed by atoms with Crippen LogP contribution in [-0.2, 0) is 13.0 Å². The molecular formula is C29H44N4O2. The van der Waals surface area contributed by atoms with Gasteiger partial charge in [-0.2, -0.15) is 0 Å². The average molecular weight is 481 g/mol. The number of aromatic nitrogens is 2. The number of benzene rings is 1. The van der Waals surface area contributed by atoms with Crippen molar-refractivity contribution in [2.75, 3.05) is 33.9 Å². The Bertz CT molecular complexity index is 981. The van der Waals surface area contributed by atoms with E-state index in [0.717, 1.165) is 65.6 Å². The van der Waals surface area contributed by atoms with Gasteiger partial charge in [-0.25, -0.2) is 4.98 Å². The van der Waals surface area contributed by atoms with Crippen LogP contribution in [0.2, 0.25) is 0 Å². The molecule has 3 aliphatic rings. The van der Waals surface area contributed by atoms with Gasteiger partial charge in [0.05, 0.1) is 19.9 Å². The lowest BCUT2D eigenvalue weighted by atomic mass is 9.75. The number of rotatable bonds is 7. The molecule has 2 fully saturated rings. The van der Waals surface area contributed by atoms with Gasteiger partial charge in [0, 0.05) is 36.8 Å². The van der Waals surface area contributed by atoms with Crippen molar-refractivity contribution in [3.05, 3.63) is 30.2 Å². The minimum Gasteiger partial charge on any atom is -0.493 e. The Morgan fingerprint density at radius 2 is 1.83 bits per heavy atom. The lowest BCUT2D eigenvalue weighted by Gasteiger charge is -2.48. The fourth-order valence-electron chi connectivity index (χ4n) is 6.91. The van der Waals surface area contributed by atoms with Gasteiger partial charge >= 0.3 is 0 Å². The van der Waals surface area contributed by atoms with Crippen LogP contribution in [0.5, 0.6) is 11.5 Å². The van der Waals surface area contributed by atoms with Crippen LogP contribution >= 0.6 is 0 Å². The summed E-state index contributed by atoms with van der Waals surface area (Å²) in [5.41, 5.74) is 2.13. The van der Waals surface area contributed by atoms with Crippen LogP contribution < -0.4 is 14.8 Å². The summed E-state index contributed by atoms with van der Waals surface area (Å²) in [6.07, 6.45) is 11.3. The van der Waals surface area contributed by atoms with Crippen LogP contribution in [0.3, 0.4) is 0 Å². The quantitative estimate of drug-likeness (QED) is 0.604. The minimum atomic E-state index is 0.753. The number of piperidine rings is 2. The van der Waals surface area contributed by atoms with Gasteiger partial charge in [-0.3, -0.25) is 4.90 Å². The Balaban J connectivity index is 1.28. The van der Waals surface area contributed by atoms with Gasteiger partial charge in [0.25, 0.3) is 0 Å². The maximum Gasteiger partial charge on any atom is 0.161 e. The molecule has 0 amide bonds. The number of methoxy groups -OCH3 is 2. The molecule has 6 nitrogen and oxygen atoms in total. The van der Waals surface area contributed by atoms with Crippen LogP contribution in [0.4, 0.5) is 0 Å². The first kappa shape index (κ1) is 24.6. The molecule has 2 aromatic rings. The Labute approximate surface area is 211 Å². The largest absolute Gasteiger partial charge is 0.493 e. The second-order valence-electron chi connectivity index (χ2n) is 11.4. The molecule has 6 heteroatoms. The molecule has 2 saturated heterocycles. The molecule has 4 heterocycles. The number of nitrogens with zero attached hydrogens (tertiary/aromatic N) is 3. The van der Waals surface area contributed by atoms with Crippen LogP contribution in [0, 0.1) is 17.8 Å². The highest BCUT2D eigenvalue weighted by Gasteiger charge is 2.37. The number of ether oxygens (including phenoxy) is 2. The van der Waals surface area contributed by atoms with E-state index >= 15 is 0 Å². The number of hydrogen-bond donors (Lipinski definition) is 1. The SMILES string of the molecule is COc1ccc(-c2cn3c(n2)CCC(C2CCN(C4CCNCC4)[C@H](CC(C)C)C2)C3)cc1OC. The third-order valence-corrected chi connectivity index (χ3v) is 8.70. The molecule has 0 bridgehead atoms. The first-order valence-electron chi connectivity index (χ1n) is 13.8. The van der Waals surface area contributed by atoms with Gasteiger partial charge in [-0.05, 0) is 94.1 Å². The summed E-state index contributed by atoms with van der Waals surface area (Å²) in [5, 5.41) is 3.56. The maximum atomic E-state index is 5.52. The van der Waals surface area contributed by atoms with Gasteiger partial charge < -0.3 is 19.4 Å². The van der Waals surface area contributed by atoms with Crippen molar-refractivity contribution >= 4 is 0 Å². The van der Waals surface area contributed by atoms with Crippen LogP contribution in [-0.4, -0.2) is 60.4 Å². The zero-order valence-electron chi connectivity index (χ0n) is 22.1. The van der Waals surface area contributed by atoms with Crippen molar-refractivity contribution in [1.82, 2.24) is 19.8 Å². The molecule has 1 aromatic heterocycles. The molecule has 0 aliphatic carbocycles. The predicted molar refractivity (Wildman–Crippen MR) is 141 cm³/mol. The van der Waals surface area contributed by atoms with Crippen molar-refractivity contribution in [3.63, 3.8) is 0 Å². The summed E-state index contributed by atoms with van der Waals surface area (Å²) < 4.78 is 13.4. The second kappa shape index (κ2) is 10.9. The fourth-order valence-corrected chi connectivity index (χ4v) is 6.91. The maximum absolute atomic E-state index is 5.52. The lowest BCUT2D eigenvalue weighted by molar-refractivity contribution is 0.0217. The van der Waals surface area contributed by atoms with Crippen molar-refractivity contribution < 1.29 is 9.47 Å². The van der Waals surface area contributed by atoms with Gasteiger partial charge in [0.1, 0.15) is 5.82 Å². The number of aryl methyl sites for hydroxylation is 1. The van der Waals surface area contributed by atoms with Crippen molar-refractivity contribution in [2.24, 2.45) is 17.8 Å². The number of fused-ring (bicyclic) bond motifs is 1. The zero-order chi connectivity index (χ0) is 24.4. The molecule has 2 unspecified atom stereocenters. The standard InChI is InChI=1S/C29H44N4O2/c1-20(2)15-25-16-21(11-14-33(25)24-9-12-30-13-10-24)23-6-8-29-31-26(19-32(29)18-23)22-5-7-27(34-3)28(17-22)35-4/h5,7,17,19-21,23-25,30H,6,8-16,18H2,1-4H3/t21?,23?,25-/m1/s1. The van der Waals surface area contributed by atoms with E-state index < -0.39 is 0 Å². The Hall–Kier alpha value is -2.05.